The zero-order valence-corrected chi connectivity index (χ0v) is 19.4. The van der Waals surface area contributed by atoms with Gasteiger partial charge in [-0.1, -0.05) is 29.4 Å². The van der Waals surface area contributed by atoms with E-state index in [9.17, 15) is 9.59 Å². The highest BCUT2D eigenvalue weighted by Crippen LogP contribution is 2.38. The Hall–Kier alpha value is -3.23. The van der Waals surface area contributed by atoms with Crippen LogP contribution in [0, 0.1) is 13.8 Å². The van der Waals surface area contributed by atoms with E-state index >= 15 is 0 Å². The fourth-order valence-electron chi connectivity index (χ4n) is 4.27. The first kappa shape index (κ1) is 24.4. The minimum absolute atomic E-state index is 0.558. The Morgan fingerprint density at radius 2 is 1.70 bits per heavy atom. The monoisotopic (exact) mass is 453 g/mol. The molecule has 1 aliphatic carbocycles. The molecule has 0 amide bonds. The molecule has 8 nitrogen and oxygen atoms in total. The third kappa shape index (κ3) is 6.40. The molecule has 2 heterocycles. The van der Waals surface area contributed by atoms with Gasteiger partial charge in [-0.3, -0.25) is 0 Å². The van der Waals surface area contributed by atoms with Crippen LogP contribution in [0.15, 0.2) is 41.0 Å². The number of carboxylic acids is 2. The van der Waals surface area contributed by atoms with Gasteiger partial charge in [0.25, 0.3) is 0 Å². The van der Waals surface area contributed by atoms with Gasteiger partial charge < -0.3 is 24.5 Å². The lowest BCUT2D eigenvalue weighted by Gasteiger charge is -2.32. The van der Waals surface area contributed by atoms with E-state index in [1.54, 1.807) is 0 Å². The van der Waals surface area contributed by atoms with E-state index in [1.165, 1.54) is 54.0 Å². The van der Waals surface area contributed by atoms with Crippen LogP contribution in [0.4, 0.5) is 0 Å². The Bertz CT molecular complexity index is 1030. The number of hydrogen-bond acceptors (Lipinski definition) is 6. The van der Waals surface area contributed by atoms with Crippen molar-refractivity contribution in [1.82, 2.24) is 15.0 Å². The highest BCUT2D eigenvalue weighted by Gasteiger charge is 2.22. The third-order valence-electron chi connectivity index (χ3n) is 6.04. The number of rotatable bonds is 6. The molecule has 2 N–H and O–H groups in total. The number of hydrogen-bond donors (Lipinski definition) is 2. The van der Waals surface area contributed by atoms with Crippen LogP contribution in [0.2, 0.25) is 0 Å². The lowest BCUT2D eigenvalue weighted by atomic mass is 9.93. The Morgan fingerprint density at radius 1 is 1.06 bits per heavy atom. The van der Waals surface area contributed by atoms with Crippen molar-refractivity contribution in [3.05, 3.63) is 59.0 Å². The molecule has 0 bridgehead atoms. The van der Waals surface area contributed by atoms with E-state index < -0.39 is 11.9 Å². The predicted octanol–water partition coefficient (Wildman–Crippen LogP) is 3.25. The minimum atomic E-state index is -1.26. The molecule has 33 heavy (non-hydrogen) atoms. The lowest BCUT2D eigenvalue weighted by Crippen LogP contribution is -2.44. The highest BCUT2D eigenvalue weighted by atomic mass is 16.5. The molecule has 0 radical (unpaired) electrons. The van der Waals surface area contributed by atoms with Crippen LogP contribution < -0.4 is 0 Å². The van der Waals surface area contributed by atoms with Gasteiger partial charge in [-0.25, -0.2) is 9.59 Å². The molecule has 1 saturated heterocycles. The van der Waals surface area contributed by atoms with E-state index in [0.717, 1.165) is 30.8 Å². The Morgan fingerprint density at radius 3 is 2.27 bits per heavy atom. The second kappa shape index (κ2) is 11.1. The van der Waals surface area contributed by atoms with Crippen LogP contribution in [0.3, 0.4) is 0 Å². The van der Waals surface area contributed by atoms with Gasteiger partial charge >= 0.3 is 11.9 Å². The van der Waals surface area contributed by atoms with Crippen molar-refractivity contribution in [3.63, 3.8) is 0 Å². The van der Waals surface area contributed by atoms with E-state index in [4.69, 9.17) is 14.7 Å². The summed E-state index contributed by atoms with van der Waals surface area (Å²) in [6.07, 6.45) is 5.70. The number of fused-ring (bicyclic) bond motifs is 1. The fourth-order valence-corrected chi connectivity index (χ4v) is 4.27. The van der Waals surface area contributed by atoms with Gasteiger partial charge in [0.2, 0.25) is 0 Å². The molecule has 1 aromatic heterocycles. The predicted molar refractivity (Wildman–Crippen MR) is 126 cm³/mol. The first-order valence-electron chi connectivity index (χ1n) is 11.1. The average Bonchev–Trinajstić information content (AvgIpc) is 3.35. The quantitative estimate of drug-likeness (QED) is 0.642. The summed E-state index contributed by atoms with van der Waals surface area (Å²) in [4.78, 5) is 24.1. The van der Waals surface area contributed by atoms with Gasteiger partial charge in [-0.2, -0.15) is 0 Å². The molecule has 176 valence electrons. The summed E-state index contributed by atoms with van der Waals surface area (Å²) < 4.78 is 5.39. The second-order valence-corrected chi connectivity index (χ2v) is 8.37. The van der Waals surface area contributed by atoms with Crippen molar-refractivity contribution < 1.29 is 24.3 Å². The van der Waals surface area contributed by atoms with Crippen molar-refractivity contribution in [1.29, 1.82) is 0 Å². The first-order chi connectivity index (χ1) is 15.8. The van der Waals surface area contributed by atoms with Crippen LogP contribution in [0.1, 0.15) is 29.0 Å². The number of piperazine rings is 1. The van der Waals surface area contributed by atoms with Crippen LogP contribution in [0.25, 0.3) is 16.7 Å². The maximum atomic E-state index is 9.55. The lowest BCUT2D eigenvalue weighted by molar-refractivity contribution is -0.134. The number of carboxylic acid groups (broad SMARTS) is 2. The van der Waals surface area contributed by atoms with Gasteiger partial charge in [-0.05, 0) is 56.0 Å². The summed E-state index contributed by atoms with van der Waals surface area (Å²) >= 11 is 0. The largest absolute Gasteiger partial charge is 0.478 e. The van der Waals surface area contributed by atoms with Crippen molar-refractivity contribution in [2.24, 2.45) is 0 Å². The average molecular weight is 454 g/mol. The molecule has 2 aliphatic rings. The van der Waals surface area contributed by atoms with Crippen LogP contribution >= 0.6 is 0 Å². The molecule has 4 rings (SSSR count). The van der Waals surface area contributed by atoms with Gasteiger partial charge in [-0.15, -0.1) is 0 Å². The normalized spacial score (nSPS) is 16.3. The number of benzene rings is 1. The molecular formula is C25H31N3O5. The fraction of sp³-hybridized carbons (Fsp3) is 0.400. The molecule has 0 unspecified atom stereocenters. The second-order valence-electron chi connectivity index (χ2n) is 8.37. The molecule has 1 fully saturated rings. The van der Waals surface area contributed by atoms with E-state index in [1.807, 2.05) is 13.8 Å². The number of carbonyl (C=O) groups is 2. The van der Waals surface area contributed by atoms with Gasteiger partial charge in [0, 0.05) is 50.4 Å². The molecule has 8 heteroatoms. The number of aryl methyl sites for hydroxylation is 2. The Kier molecular flexibility index (Phi) is 8.19. The maximum Gasteiger partial charge on any atom is 0.328 e. The molecule has 1 aromatic carbocycles. The Labute approximate surface area is 193 Å². The SMILES string of the molecule is Cc1noc(C)c1-c1cccc2c1CC=C2CCN1CCN(C)CC1.O=C(O)/C=C\C(=O)O. The molecule has 0 atom stereocenters. The van der Waals surface area contributed by atoms with Crippen molar-refractivity contribution in [2.45, 2.75) is 26.7 Å². The number of likely N-dealkylation sites (N-methyl/N-ethyl adjacent to an activating group) is 1. The molecule has 1 aliphatic heterocycles. The maximum absolute atomic E-state index is 9.55. The number of nitrogens with zero attached hydrogens (tertiary/aromatic N) is 3. The van der Waals surface area contributed by atoms with Crippen molar-refractivity contribution in [3.8, 4) is 11.1 Å². The molecule has 2 aromatic rings. The first-order valence-corrected chi connectivity index (χ1v) is 11.1. The standard InChI is InChI=1S/C21H27N3O.C4H4O4/c1-15-21(16(2)25-22-15)20-6-4-5-18-17(7-8-19(18)20)9-10-24-13-11-23(3)12-14-24;5-3(6)1-2-4(7)8/h4-7H,8-14H2,1-3H3;1-2H,(H,5,6)(H,7,8)/b;2-1-. The van der Waals surface area contributed by atoms with E-state index in [2.05, 4.69) is 46.3 Å². The summed E-state index contributed by atoms with van der Waals surface area (Å²) in [5, 5.41) is 19.8. The molecular weight excluding hydrogens is 422 g/mol. The summed E-state index contributed by atoms with van der Waals surface area (Å²) in [5.41, 5.74) is 7.81. The van der Waals surface area contributed by atoms with Gasteiger partial charge in [0.15, 0.2) is 0 Å². The van der Waals surface area contributed by atoms with Gasteiger partial charge in [0.1, 0.15) is 5.76 Å². The smallest absolute Gasteiger partial charge is 0.328 e. The summed E-state index contributed by atoms with van der Waals surface area (Å²) in [6.45, 7) is 9.95. The summed E-state index contributed by atoms with van der Waals surface area (Å²) in [5.74, 6) is -1.60. The topological polar surface area (TPSA) is 107 Å². The third-order valence-corrected chi connectivity index (χ3v) is 6.04. The minimum Gasteiger partial charge on any atom is -0.478 e. The zero-order valence-electron chi connectivity index (χ0n) is 19.4. The Balaban J connectivity index is 0.000000331. The van der Waals surface area contributed by atoms with Crippen molar-refractivity contribution in [2.75, 3.05) is 39.8 Å². The van der Waals surface area contributed by atoms with Crippen LogP contribution in [0.5, 0.6) is 0 Å². The summed E-state index contributed by atoms with van der Waals surface area (Å²) in [7, 11) is 2.21. The van der Waals surface area contributed by atoms with E-state index in [0.29, 0.717) is 12.2 Å². The number of aliphatic carboxylic acids is 2. The molecule has 0 spiro atoms. The van der Waals surface area contributed by atoms with Crippen LogP contribution in [-0.2, 0) is 16.0 Å². The van der Waals surface area contributed by atoms with Gasteiger partial charge in [0.05, 0.1) is 5.69 Å². The van der Waals surface area contributed by atoms with Crippen LogP contribution in [-0.4, -0.2) is 76.9 Å². The summed E-state index contributed by atoms with van der Waals surface area (Å²) in [6, 6.07) is 6.66. The van der Waals surface area contributed by atoms with Crippen molar-refractivity contribution >= 4 is 17.5 Å². The highest BCUT2D eigenvalue weighted by molar-refractivity contribution is 5.89. The number of aromatic nitrogens is 1. The molecule has 0 saturated carbocycles. The zero-order chi connectivity index (χ0) is 24.0. The van der Waals surface area contributed by atoms with E-state index in [-0.39, 0.29) is 0 Å². The number of allylic oxidation sites excluding steroid dienone is 1.